The molecule has 0 atom stereocenters. The van der Waals surface area contributed by atoms with Crippen LogP contribution in [0.15, 0.2) is 36.5 Å². The Morgan fingerprint density at radius 1 is 0.750 bits per heavy atom. The molecule has 0 N–H and O–H groups in total. The Bertz CT molecular complexity index is 446. The average molecular weight is 337 g/mol. The van der Waals surface area contributed by atoms with E-state index < -0.39 is 0 Å². The van der Waals surface area contributed by atoms with Gasteiger partial charge >= 0.3 is 0 Å². The van der Waals surface area contributed by atoms with Gasteiger partial charge in [0.25, 0.3) is 0 Å². The van der Waals surface area contributed by atoms with Gasteiger partial charge in [0.15, 0.2) is 17.3 Å². The lowest BCUT2D eigenvalue weighted by Crippen LogP contribution is -2.02. The third-order valence-corrected chi connectivity index (χ3v) is 2.67. The van der Waals surface area contributed by atoms with Gasteiger partial charge < -0.3 is 0 Å². The summed E-state index contributed by atoms with van der Waals surface area (Å²) in [6.45, 7) is 20.3. The average Bonchev–Trinajstić information content (AvgIpc) is 2.46. The summed E-state index contributed by atoms with van der Waals surface area (Å²) in [6.07, 6.45) is 6.41. The van der Waals surface area contributed by atoms with Crippen LogP contribution in [0.4, 0.5) is 0 Å². The molecule has 0 bridgehead atoms. The van der Waals surface area contributed by atoms with Gasteiger partial charge in [-0.05, 0) is 39.0 Å². The third-order valence-electron chi connectivity index (χ3n) is 2.67. The van der Waals surface area contributed by atoms with Crippen LogP contribution in [0.2, 0.25) is 0 Å². The molecule has 0 radical (unpaired) electrons. The van der Waals surface area contributed by atoms with Crippen LogP contribution in [0.3, 0.4) is 0 Å². The minimum absolute atomic E-state index is 0.109. The van der Waals surface area contributed by atoms with E-state index in [1.165, 1.54) is 6.08 Å². The first kappa shape index (κ1) is 27.1. The highest BCUT2D eigenvalue weighted by atomic mass is 16.1. The lowest BCUT2D eigenvalue weighted by Gasteiger charge is -1.96. The number of allylic oxidation sites excluding steroid dienone is 5. The zero-order chi connectivity index (χ0) is 19.9. The third kappa shape index (κ3) is 20.2. The number of carbonyl (C=O) groups excluding carboxylic acids is 3. The summed E-state index contributed by atoms with van der Waals surface area (Å²) in [5, 5.41) is 0. The SMILES string of the molecule is C/C=C/C(=O)C(C)C.C=CC(=O)C(C)C.CC(C)=CC(=O)C(C)C. The van der Waals surface area contributed by atoms with E-state index in [0.29, 0.717) is 0 Å². The van der Waals surface area contributed by atoms with Gasteiger partial charge in [0.1, 0.15) is 0 Å². The van der Waals surface area contributed by atoms with Crippen LogP contribution in [0.25, 0.3) is 0 Å². The molecule has 0 aliphatic heterocycles. The van der Waals surface area contributed by atoms with Crippen molar-refractivity contribution in [1.29, 1.82) is 0 Å². The Hall–Kier alpha value is -1.77. The predicted octanol–water partition coefficient (Wildman–Crippen LogP) is 5.36. The fourth-order valence-corrected chi connectivity index (χ4v) is 1.04. The van der Waals surface area contributed by atoms with Crippen molar-refractivity contribution in [2.24, 2.45) is 17.8 Å². The summed E-state index contributed by atoms with van der Waals surface area (Å²) in [6, 6.07) is 0. The molecule has 3 nitrogen and oxygen atoms in total. The standard InChI is InChI=1S/C8H14O.C7H12O.C6H10O/c1-6(2)5-8(9)7(3)4;1-4-5-7(8)6(2)3;1-4-6(7)5(2)3/h5,7H,1-4H3;4-6H,1-3H3;4-5H,1H2,2-3H3/b;5-4+;. The van der Waals surface area contributed by atoms with Crippen molar-refractivity contribution in [3.8, 4) is 0 Å². The Kier molecular flexibility index (Phi) is 18.2. The van der Waals surface area contributed by atoms with Crippen LogP contribution in [0, 0.1) is 17.8 Å². The van der Waals surface area contributed by atoms with Crippen molar-refractivity contribution in [3.05, 3.63) is 36.5 Å². The maximum atomic E-state index is 10.9. The van der Waals surface area contributed by atoms with Gasteiger partial charge in [-0.15, -0.1) is 0 Å². The number of hydrogen-bond donors (Lipinski definition) is 0. The first-order valence-corrected chi connectivity index (χ1v) is 8.42. The molecule has 0 spiro atoms. The minimum Gasteiger partial charge on any atom is -0.295 e. The van der Waals surface area contributed by atoms with Crippen LogP contribution in [0.1, 0.15) is 62.3 Å². The van der Waals surface area contributed by atoms with Crippen LogP contribution in [-0.4, -0.2) is 17.3 Å². The van der Waals surface area contributed by atoms with Gasteiger partial charge in [0.05, 0.1) is 0 Å². The molecule has 0 heterocycles. The summed E-state index contributed by atoms with van der Waals surface area (Å²) < 4.78 is 0. The Labute approximate surface area is 148 Å². The highest BCUT2D eigenvalue weighted by molar-refractivity contribution is 5.91. The van der Waals surface area contributed by atoms with Gasteiger partial charge in [-0.2, -0.15) is 0 Å². The summed E-state index contributed by atoms with van der Waals surface area (Å²) in [5.41, 5.74) is 1.08. The lowest BCUT2D eigenvalue weighted by atomic mass is 10.1. The van der Waals surface area contributed by atoms with Crippen LogP contribution in [-0.2, 0) is 14.4 Å². The van der Waals surface area contributed by atoms with Crippen molar-refractivity contribution < 1.29 is 14.4 Å². The maximum Gasteiger partial charge on any atom is 0.158 e. The minimum atomic E-state index is 0.109. The van der Waals surface area contributed by atoms with E-state index in [1.54, 1.807) is 18.2 Å². The highest BCUT2D eigenvalue weighted by Gasteiger charge is 2.01. The summed E-state index contributed by atoms with van der Waals surface area (Å²) in [7, 11) is 0. The van der Waals surface area contributed by atoms with E-state index in [0.717, 1.165) is 5.57 Å². The molecule has 0 fully saturated rings. The predicted molar refractivity (Wildman–Crippen MR) is 104 cm³/mol. The van der Waals surface area contributed by atoms with E-state index in [2.05, 4.69) is 6.58 Å². The number of carbonyl (C=O) groups is 3. The van der Waals surface area contributed by atoms with Crippen molar-refractivity contribution in [2.75, 3.05) is 0 Å². The molecular weight excluding hydrogens is 300 g/mol. The molecular formula is C21H36O3. The van der Waals surface area contributed by atoms with E-state index in [4.69, 9.17) is 0 Å². The molecule has 0 aliphatic rings. The lowest BCUT2D eigenvalue weighted by molar-refractivity contribution is -0.118. The van der Waals surface area contributed by atoms with E-state index in [9.17, 15) is 14.4 Å². The number of rotatable bonds is 6. The number of ketones is 3. The molecule has 3 heteroatoms. The topological polar surface area (TPSA) is 51.2 Å². The monoisotopic (exact) mass is 336 g/mol. The van der Waals surface area contributed by atoms with Crippen LogP contribution >= 0.6 is 0 Å². The molecule has 0 amide bonds. The first-order chi connectivity index (χ1) is 10.9. The van der Waals surface area contributed by atoms with Crippen molar-refractivity contribution in [2.45, 2.75) is 62.3 Å². The smallest absolute Gasteiger partial charge is 0.158 e. The molecule has 0 saturated carbocycles. The second kappa shape index (κ2) is 16.1. The van der Waals surface area contributed by atoms with Gasteiger partial charge in [-0.25, -0.2) is 0 Å². The van der Waals surface area contributed by atoms with Gasteiger partial charge in [0, 0.05) is 17.8 Å². The van der Waals surface area contributed by atoms with E-state index in [1.807, 2.05) is 62.3 Å². The molecule has 0 saturated heterocycles. The Balaban J connectivity index is -0.000000278. The number of hydrogen-bond acceptors (Lipinski definition) is 3. The van der Waals surface area contributed by atoms with Crippen molar-refractivity contribution >= 4 is 17.3 Å². The molecule has 138 valence electrons. The second-order valence-electron chi connectivity index (χ2n) is 6.60. The highest BCUT2D eigenvalue weighted by Crippen LogP contribution is 1.98. The summed E-state index contributed by atoms with van der Waals surface area (Å²) >= 11 is 0. The van der Waals surface area contributed by atoms with Gasteiger partial charge in [-0.1, -0.05) is 59.8 Å². The molecule has 24 heavy (non-hydrogen) atoms. The second-order valence-corrected chi connectivity index (χ2v) is 6.60. The summed E-state index contributed by atoms with van der Waals surface area (Å²) in [5.74, 6) is 0.922. The molecule has 0 aromatic rings. The van der Waals surface area contributed by atoms with Crippen LogP contribution < -0.4 is 0 Å². The maximum absolute atomic E-state index is 10.9. The molecule has 0 aromatic carbocycles. The normalized spacial score (nSPS) is 9.83. The zero-order valence-electron chi connectivity index (χ0n) is 17.0. The van der Waals surface area contributed by atoms with Gasteiger partial charge in [0.2, 0.25) is 0 Å². The first-order valence-electron chi connectivity index (χ1n) is 8.42. The van der Waals surface area contributed by atoms with E-state index >= 15 is 0 Å². The Morgan fingerprint density at radius 2 is 1.12 bits per heavy atom. The largest absolute Gasteiger partial charge is 0.295 e. The zero-order valence-corrected chi connectivity index (χ0v) is 17.0. The fourth-order valence-electron chi connectivity index (χ4n) is 1.04. The molecule has 0 aliphatic carbocycles. The van der Waals surface area contributed by atoms with Crippen molar-refractivity contribution in [3.63, 3.8) is 0 Å². The van der Waals surface area contributed by atoms with E-state index in [-0.39, 0.29) is 35.1 Å². The van der Waals surface area contributed by atoms with Crippen LogP contribution in [0.5, 0.6) is 0 Å². The quantitative estimate of drug-likeness (QED) is 0.613. The molecule has 0 rings (SSSR count). The van der Waals surface area contributed by atoms with Crippen molar-refractivity contribution in [1.82, 2.24) is 0 Å². The van der Waals surface area contributed by atoms with Gasteiger partial charge in [-0.3, -0.25) is 14.4 Å². The Morgan fingerprint density at radius 3 is 1.21 bits per heavy atom. The summed E-state index contributed by atoms with van der Waals surface area (Å²) in [4.78, 5) is 31.9. The fraction of sp³-hybridized carbons (Fsp3) is 0.571. The molecule has 0 aromatic heterocycles. The molecule has 0 unspecified atom stereocenters.